The van der Waals surface area contributed by atoms with Gasteiger partial charge >= 0.3 is 0 Å². The molecular formula is C21H21NO2. The second kappa shape index (κ2) is 5.82. The summed E-state index contributed by atoms with van der Waals surface area (Å²) in [4.78, 5) is 12.4. The molecular weight excluding hydrogens is 298 g/mol. The first kappa shape index (κ1) is 15.0. The Balaban J connectivity index is 1.56. The first-order valence-electron chi connectivity index (χ1n) is 8.48. The van der Waals surface area contributed by atoms with Gasteiger partial charge in [0.05, 0.1) is 12.7 Å². The van der Waals surface area contributed by atoms with Gasteiger partial charge in [-0.25, -0.2) is 0 Å². The molecule has 1 N–H and O–H groups in total. The standard InChI is InChI=1S/C21H21NO2/c1-13-6-14(2)8-18(7-13)22-21(23)11-17-12-24-20-10-16-5-3-4-15(16)9-19(17)20/h6-10,12H,3-5,11H2,1-2H3,(H,22,23). The van der Waals surface area contributed by atoms with Crippen molar-refractivity contribution in [3.63, 3.8) is 0 Å². The van der Waals surface area contributed by atoms with Gasteiger partial charge in [-0.05, 0) is 79.6 Å². The molecule has 1 aliphatic carbocycles. The fourth-order valence-electron chi connectivity index (χ4n) is 3.71. The zero-order chi connectivity index (χ0) is 16.7. The average molecular weight is 319 g/mol. The predicted octanol–water partition coefficient (Wildman–Crippen LogP) is 4.72. The van der Waals surface area contributed by atoms with Crippen molar-refractivity contribution in [1.82, 2.24) is 0 Å². The molecule has 24 heavy (non-hydrogen) atoms. The quantitative estimate of drug-likeness (QED) is 0.759. The summed E-state index contributed by atoms with van der Waals surface area (Å²) in [5.74, 6) is -0.0109. The van der Waals surface area contributed by atoms with Crippen LogP contribution in [-0.4, -0.2) is 5.91 Å². The molecule has 1 aliphatic rings. The molecule has 0 saturated heterocycles. The number of nitrogens with one attached hydrogen (secondary N) is 1. The van der Waals surface area contributed by atoms with Gasteiger partial charge in [0.2, 0.25) is 5.91 Å². The van der Waals surface area contributed by atoms with E-state index in [4.69, 9.17) is 4.42 Å². The maximum absolute atomic E-state index is 12.4. The van der Waals surface area contributed by atoms with E-state index >= 15 is 0 Å². The van der Waals surface area contributed by atoms with E-state index in [0.717, 1.165) is 46.2 Å². The Morgan fingerprint density at radius 3 is 2.50 bits per heavy atom. The molecule has 0 unspecified atom stereocenters. The van der Waals surface area contributed by atoms with Crippen LogP contribution in [0.4, 0.5) is 5.69 Å². The molecule has 2 aromatic carbocycles. The summed E-state index contributed by atoms with van der Waals surface area (Å²) in [5.41, 5.74) is 7.80. The molecule has 0 saturated carbocycles. The Labute approximate surface area is 141 Å². The summed E-state index contributed by atoms with van der Waals surface area (Å²) in [6, 6.07) is 10.4. The van der Waals surface area contributed by atoms with E-state index in [-0.39, 0.29) is 5.91 Å². The van der Waals surface area contributed by atoms with Crippen molar-refractivity contribution in [2.75, 3.05) is 5.32 Å². The third-order valence-electron chi connectivity index (χ3n) is 4.72. The van der Waals surface area contributed by atoms with Gasteiger partial charge in [-0.3, -0.25) is 4.79 Å². The molecule has 0 radical (unpaired) electrons. The molecule has 4 rings (SSSR count). The SMILES string of the molecule is Cc1cc(C)cc(NC(=O)Cc2coc3cc4c(cc23)CCC4)c1. The fourth-order valence-corrected chi connectivity index (χ4v) is 3.71. The van der Waals surface area contributed by atoms with Crippen molar-refractivity contribution >= 4 is 22.6 Å². The number of aryl methyl sites for hydroxylation is 4. The van der Waals surface area contributed by atoms with E-state index in [1.165, 1.54) is 17.5 Å². The van der Waals surface area contributed by atoms with Crippen LogP contribution in [0.3, 0.4) is 0 Å². The lowest BCUT2D eigenvalue weighted by atomic mass is 10.0. The molecule has 3 heteroatoms. The van der Waals surface area contributed by atoms with Crippen molar-refractivity contribution < 1.29 is 9.21 Å². The van der Waals surface area contributed by atoms with Crippen LogP contribution in [0.25, 0.3) is 11.0 Å². The minimum Gasteiger partial charge on any atom is -0.464 e. The topological polar surface area (TPSA) is 42.2 Å². The molecule has 0 spiro atoms. The van der Waals surface area contributed by atoms with E-state index in [1.54, 1.807) is 6.26 Å². The first-order chi connectivity index (χ1) is 11.6. The number of amides is 1. The molecule has 0 atom stereocenters. The molecule has 3 aromatic rings. The van der Waals surface area contributed by atoms with Crippen LogP contribution in [0.15, 0.2) is 41.0 Å². The van der Waals surface area contributed by atoms with E-state index in [9.17, 15) is 4.79 Å². The first-order valence-corrected chi connectivity index (χ1v) is 8.48. The van der Waals surface area contributed by atoms with Gasteiger partial charge < -0.3 is 9.73 Å². The molecule has 0 fully saturated rings. The molecule has 3 nitrogen and oxygen atoms in total. The Morgan fingerprint density at radius 1 is 1.04 bits per heavy atom. The number of carbonyl (C=O) groups is 1. The molecule has 1 aromatic heterocycles. The zero-order valence-electron chi connectivity index (χ0n) is 14.1. The van der Waals surface area contributed by atoms with Crippen molar-refractivity contribution in [3.05, 3.63) is 64.4 Å². The highest BCUT2D eigenvalue weighted by molar-refractivity contribution is 5.95. The lowest BCUT2D eigenvalue weighted by Gasteiger charge is -2.07. The van der Waals surface area contributed by atoms with Crippen LogP contribution in [0.2, 0.25) is 0 Å². The lowest BCUT2D eigenvalue weighted by Crippen LogP contribution is -2.14. The summed E-state index contributed by atoms with van der Waals surface area (Å²) < 4.78 is 5.68. The summed E-state index contributed by atoms with van der Waals surface area (Å²) in [6.07, 6.45) is 5.53. The Hall–Kier alpha value is -2.55. The Morgan fingerprint density at radius 2 is 1.75 bits per heavy atom. The lowest BCUT2D eigenvalue weighted by molar-refractivity contribution is -0.115. The second-order valence-corrected chi connectivity index (χ2v) is 6.83. The number of carbonyl (C=O) groups excluding carboxylic acids is 1. The average Bonchev–Trinajstić information content (AvgIpc) is 3.10. The van der Waals surface area contributed by atoms with Crippen LogP contribution in [0, 0.1) is 13.8 Å². The van der Waals surface area contributed by atoms with Crippen LogP contribution in [0.1, 0.15) is 34.2 Å². The number of rotatable bonds is 3. The minimum atomic E-state index is -0.0109. The van der Waals surface area contributed by atoms with Crippen molar-refractivity contribution in [1.29, 1.82) is 0 Å². The minimum absolute atomic E-state index is 0.0109. The van der Waals surface area contributed by atoms with Gasteiger partial charge in [-0.2, -0.15) is 0 Å². The monoisotopic (exact) mass is 319 g/mol. The van der Waals surface area contributed by atoms with Gasteiger partial charge in [-0.15, -0.1) is 0 Å². The maximum Gasteiger partial charge on any atom is 0.228 e. The normalized spacial score (nSPS) is 13.2. The molecule has 0 aliphatic heterocycles. The number of fused-ring (bicyclic) bond motifs is 2. The van der Waals surface area contributed by atoms with Crippen molar-refractivity contribution in [2.24, 2.45) is 0 Å². The van der Waals surface area contributed by atoms with Crippen molar-refractivity contribution in [3.8, 4) is 0 Å². The number of hydrogen-bond acceptors (Lipinski definition) is 2. The van der Waals surface area contributed by atoms with E-state index in [2.05, 4.69) is 23.5 Å². The van der Waals surface area contributed by atoms with Crippen LogP contribution >= 0.6 is 0 Å². The Bertz CT molecular complexity index is 916. The van der Waals surface area contributed by atoms with E-state index < -0.39 is 0 Å². The van der Waals surface area contributed by atoms with E-state index in [0.29, 0.717) is 6.42 Å². The maximum atomic E-state index is 12.4. The molecule has 0 bridgehead atoms. The third kappa shape index (κ3) is 2.82. The summed E-state index contributed by atoms with van der Waals surface area (Å²) in [6.45, 7) is 4.07. The van der Waals surface area contributed by atoms with Crippen LogP contribution in [0.5, 0.6) is 0 Å². The molecule has 1 heterocycles. The van der Waals surface area contributed by atoms with Gasteiger partial charge in [0.1, 0.15) is 5.58 Å². The van der Waals surface area contributed by atoms with Crippen LogP contribution in [-0.2, 0) is 24.1 Å². The predicted molar refractivity (Wildman–Crippen MR) is 96.5 cm³/mol. The third-order valence-corrected chi connectivity index (χ3v) is 4.72. The van der Waals surface area contributed by atoms with Gasteiger partial charge in [-0.1, -0.05) is 6.07 Å². The largest absolute Gasteiger partial charge is 0.464 e. The van der Waals surface area contributed by atoms with Gasteiger partial charge in [0.15, 0.2) is 0 Å². The zero-order valence-corrected chi connectivity index (χ0v) is 14.1. The summed E-state index contributed by atoms with van der Waals surface area (Å²) in [7, 11) is 0. The number of hydrogen-bond donors (Lipinski definition) is 1. The summed E-state index contributed by atoms with van der Waals surface area (Å²) in [5, 5.41) is 4.07. The van der Waals surface area contributed by atoms with Crippen LogP contribution < -0.4 is 5.32 Å². The van der Waals surface area contributed by atoms with Gasteiger partial charge in [0.25, 0.3) is 0 Å². The molecule has 1 amide bonds. The summed E-state index contributed by atoms with van der Waals surface area (Å²) >= 11 is 0. The number of benzene rings is 2. The van der Waals surface area contributed by atoms with E-state index in [1.807, 2.05) is 26.0 Å². The highest BCUT2D eigenvalue weighted by Gasteiger charge is 2.16. The highest BCUT2D eigenvalue weighted by atomic mass is 16.3. The van der Waals surface area contributed by atoms with Gasteiger partial charge in [0, 0.05) is 16.6 Å². The Kier molecular flexibility index (Phi) is 3.64. The smallest absolute Gasteiger partial charge is 0.228 e. The number of anilines is 1. The van der Waals surface area contributed by atoms with Crippen molar-refractivity contribution in [2.45, 2.75) is 39.5 Å². The fraction of sp³-hybridized carbons (Fsp3) is 0.286. The highest BCUT2D eigenvalue weighted by Crippen LogP contribution is 2.30. The molecule has 122 valence electrons. The second-order valence-electron chi connectivity index (χ2n) is 6.83. The number of furan rings is 1.